The third-order valence-electron chi connectivity index (χ3n) is 4.80. The summed E-state index contributed by atoms with van der Waals surface area (Å²) < 4.78 is 33.7. The molecule has 3 rings (SSSR count). The van der Waals surface area contributed by atoms with E-state index in [0.717, 1.165) is 15.6 Å². The molecule has 0 fully saturated rings. The summed E-state index contributed by atoms with van der Waals surface area (Å²) in [5.41, 5.74) is 1.47. The van der Waals surface area contributed by atoms with Crippen LogP contribution in [0.25, 0.3) is 0 Å². The molecule has 0 bridgehead atoms. The molecule has 0 spiro atoms. The zero-order valence-electron chi connectivity index (χ0n) is 18.8. The van der Waals surface area contributed by atoms with Crippen molar-refractivity contribution in [3.05, 3.63) is 89.4 Å². The van der Waals surface area contributed by atoms with Gasteiger partial charge in [0.2, 0.25) is 5.91 Å². The monoisotopic (exact) mass is 518 g/mol. The van der Waals surface area contributed by atoms with Gasteiger partial charge in [-0.2, -0.15) is 11.8 Å². The summed E-state index contributed by atoms with van der Waals surface area (Å²) in [6.45, 7) is 2.25. The molecule has 34 heavy (non-hydrogen) atoms. The first-order chi connectivity index (χ1) is 16.4. The van der Waals surface area contributed by atoms with Crippen molar-refractivity contribution in [3.8, 4) is 5.75 Å². The van der Waals surface area contributed by atoms with Gasteiger partial charge in [0.1, 0.15) is 12.3 Å². The molecule has 3 aromatic rings. The van der Waals surface area contributed by atoms with Crippen LogP contribution in [0.15, 0.2) is 83.8 Å². The molecule has 0 aliphatic heterocycles. The fraction of sp³-hybridized carbons (Fsp3) is 0.240. The maximum atomic E-state index is 13.5. The van der Waals surface area contributed by atoms with Crippen LogP contribution >= 0.6 is 23.4 Å². The van der Waals surface area contributed by atoms with Crippen molar-refractivity contribution in [2.24, 2.45) is 0 Å². The summed E-state index contributed by atoms with van der Waals surface area (Å²) in [5.74, 6) is 1.49. The number of sulfonamides is 1. The number of para-hydroxylation sites is 2. The van der Waals surface area contributed by atoms with Crippen LogP contribution in [0.2, 0.25) is 5.02 Å². The van der Waals surface area contributed by atoms with Gasteiger partial charge >= 0.3 is 0 Å². The number of hydrogen-bond donors (Lipinski definition) is 1. The maximum absolute atomic E-state index is 13.5. The zero-order valence-corrected chi connectivity index (χ0v) is 21.2. The minimum atomic E-state index is -3.99. The van der Waals surface area contributed by atoms with Gasteiger partial charge in [-0.05, 0) is 48.9 Å². The number of nitrogens with one attached hydrogen (secondary N) is 1. The standard InChI is InChI=1S/C25H27ClN2O4S2/c1-2-32-24-11-7-6-10-23(24)28(34(30,31)22-8-4-3-5-9-22)18-25(29)27-16-17-33-19-20-12-14-21(26)15-13-20/h3-15H,2,16-19H2,1H3,(H,27,29). The topological polar surface area (TPSA) is 75.7 Å². The number of thioether (sulfide) groups is 1. The van der Waals surface area contributed by atoms with Crippen LogP contribution in [-0.4, -0.2) is 39.8 Å². The van der Waals surface area contributed by atoms with Crippen LogP contribution in [0, 0.1) is 0 Å². The van der Waals surface area contributed by atoms with E-state index in [0.29, 0.717) is 35.4 Å². The lowest BCUT2D eigenvalue weighted by Crippen LogP contribution is -2.41. The van der Waals surface area contributed by atoms with Crippen molar-refractivity contribution >= 4 is 45.0 Å². The highest BCUT2D eigenvalue weighted by molar-refractivity contribution is 7.98. The average molecular weight is 519 g/mol. The third kappa shape index (κ3) is 7.16. The molecule has 1 N–H and O–H groups in total. The fourth-order valence-electron chi connectivity index (χ4n) is 3.18. The SMILES string of the molecule is CCOc1ccccc1N(CC(=O)NCCSCc1ccc(Cl)cc1)S(=O)(=O)c1ccccc1. The van der Waals surface area contributed by atoms with Crippen LogP contribution in [-0.2, 0) is 20.6 Å². The molecule has 180 valence electrons. The molecule has 9 heteroatoms. The van der Waals surface area contributed by atoms with Crippen LogP contribution in [0.5, 0.6) is 5.75 Å². The quantitative estimate of drug-likeness (QED) is 0.342. The second-order valence-electron chi connectivity index (χ2n) is 7.25. The molecule has 0 aliphatic rings. The Hall–Kier alpha value is -2.68. The molecule has 0 unspecified atom stereocenters. The first kappa shape index (κ1) is 25.9. The maximum Gasteiger partial charge on any atom is 0.264 e. The van der Waals surface area contributed by atoms with Gasteiger partial charge in [0.15, 0.2) is 0 Å². The number of amides is 1. The Labute approximate surface area is 210 Å². The number of carbonyl (C=O) groups is 1. The Kier molecular flexibility index (Phi) is 9.68. The van der Waals surface area contributed by atoms with Gasteiger partial charge in [-0.1, -0.05) is 54.1 Å². The molecule has 0 saturated carbocycles. The van der Waals surface area contributed by atoms with Crippen molar-refractivity contribution in [3.63, 3.8) is 0 Å². The van der Waals surface area contributed by atoms with Crippen LogP contribution in [0.1, 0.15) is 12.5 Å². The first-order valence-corrected chi connectivity index (χ1v) is 13.8. The lowest BCUT2D eigenvalue weighted by molar-refractivity contribution is -0.119. The molecule has 0 heterocycles. The van der Waals surface area contributed by atoms with Gasteiger partial charge in [0.25, 0.3) is 10.0 Å². The molecule has 0 saturated heterocycles. The van der Waals surface area contributed by atoms with E-state index in [1.54, 1.807) is 54.2 Å². The Morgan fingerprint density at radius 1 is 1.00 bits per heavy atom. The van der Waals surface area contributed by atoms with Gasteiger partial charge in [-0.3, -0.25) is 9.10 Å². The predicted octanol–water partition coefficient (Wildman–Crippen LogP) is 4.98. The van der Waals surface area contributed by atoms with Crippen LogP contribution in [0.3, 0.4) is 0 Å². The highest BCUT2D eigenvalue weighted by Gasteiger charge is 2.29. The van der Waals surface area contributed by atoms with E-state index in [2.05, 4.69) is 5.32 Å². The Balaban J connectivity index is 1.68. The van der Waals surface area contributed by atoms with Crippen LogP contribution in [0.4, 0.5) is 5.69 Å². The van der Waals surface area contributed by atoms with Gasteiger partial charge in [0, 0.05) is 23.1 Å². The average Bonchev–Trinajstić information content (AvgIpc) is 2.85. The number of hydrogen-bond acceptors (Lipinski definition) is 5. The number of rotatable bonds is 12. The molecule has 0 atom stereocenters. The molecule has 6 nitrogen and oxygen atoms in total. The lowest BCUT2D eigenvalue weighted by Gasteiger charge is -2.26. The van der Waals surface area contributed by atoms with E-state index in [4.69, 9.17) is 16.3 Å². The highest BCUT2D eigenvalue weighted by Crippen LogP contribution is 2.32. The molecule has 1 amide bonds. The van der Waals surface area contributed by atoms with Crippen molar-refractivity contribution < 1.29 is 17.9 Å². The summed E-state index contributed by atoms with van der Waals surface area (Å²) in [7, 11) is -3.99. The number of ether oxygens (including phenoxy) is 1. The summed E-state index contributed by atoms with van der Waals surface area (Å²) in [5, 5.41) is 3.52. The van der Waals surface area contributed by atoms with Crippen molar-refractivity contribution in [1.29, 1.82) is 0 Å². The van der Waals surface area contributed by atoms with Crippen molar-refractivity contribution in [1.82, 2.24) is 5.32 Å². The highest BCUT2D eigenvalue weighted by atomic mass is 35.5. The van der Waals surface area contributed by atoms with E-state index in [9.17, 15) is 13.2 Å². The van der Waals surface area contributed by atoms with Gasteiger partial charge < -0.3 is 10.1 Å². The van der Waals surface area contributed by atoms with Crippen molar-refractivity contribution in [2.75, 3.05) is 29.8 Å². The van der Waals surface area contributed by atoms with E-state index < -0.39 is 15.9 Å². The lowest BCUT2D eigenvalue weighted by atomic mass is 10.2. The molecular formula is C25H27ClN2O4S2. The zero-order chi connectivity index (χ0) is 24.4. The summed E-state index contributed by atoms with van der Waals surface area (Å²) >= 11 is 7.58. The minimum Gasteiger partial charge on any atom is -0.492 e. The molecule has 0 aliphatic carbocycles. The third-order valence-corrected chi connectivity index (χ3v) is 7.86. The Morgan fingerprint density at radius 2 is 1.68 bits per heavy atom. The molecule has 3 aromatic carbocycles. The predicted molar refractivity (Wildman–Crippen MR) is 139 cm³/mol. The Bertz CT molecular complexity index is 1170. The minimum absolute atomic E-state index is 0.104. The fourth-order valence-corrected chi connectivity index (χ4v) is 5.58. The summed E-state index contributed by atoms with van der Waals surface area (Å²) in [4.78, 5) is 12.9. The second kappa shape index (κ2) is 12.7. The summed E-state index contributed by atoms with van der Waals surface area (Å²) in [6, 6.07) is 22.5. The van der Waals surface area contributed by atoms with E-state index in [-0.39, 0.29) is 11.4 Å². The van der Waals surface area contributed by atoms with Crippen molar-refractivity contribution in [2.45, 2.75) is 17.6 Å². The second-order valence-corrected chi connectivity index (χ2v) is 10.7. The Morgan fingerprint density at radius 3 is 2.38 bits per heavy atom. The molecule has 0 aromatic heterocycles. The van der Waals surface area contributed by atoms with E-state index in [1.807, 2.05) is 31.2 Å². The number of halogens is 1. The molecule has 0 radical (unpaired) electrons. The number of nitrogens with zero attached hydrogens (tertiary/aromatic N) is 1. The number of anilines is 1. The number of benzene rings is 3. The normalized spacial score (nSPS) is 11.1. The van der Waals surface area contributed by atoms with Gasteiger partial charge in [-0.25, -0.2) is 8.42 Å². The number of carbonyl (C=O) groups excluding carboxylic acids is 1. The largest absolute Gasteiger partial charge is 0.492 e. The first-order valence-electron chi connectivity index (χ1n) is 10.8. The van der Waals surface area contributed by atoms with E-state index in [1.165, 1.54) is 12.1 Å². The van der Waals surface area contributed by atoms with Gasteiger partial charge in [0.05, 0.1) is 17.2 Å². The smallest absolute Gasteiger partial charge is 0.264 e. The van der Waals surface area contributed by atoms with Crippen LogP contribution < -0.4 is 14.4 Å². The summed E-state index contributed by atoms with van der Waals surface area (Å²) in [6.07, 6.45) is 0. The van der Waals surface area contributed by atoms with E-state index >= 15 is 0 Å². The van der Waals surface area contributed by atoms with Gasteiger partial charge in [-0.15, -0.1) is 0 Å². The molecular weight excluding hydrogens is 492 g/mol.